The minimum absolute atomic E-state index is 0. The van der Waals surface area contributed by atoms with E-state index < -0.39 is 0 Å². The van der Waals surface area contributed by atoms with Crippen molar-refractivity contribution in [3.63, 3.8) is 0 Å². The number of rotatable bonds is 0. The summed E-state index contributed by atoms with van der Waals surface area (Å²) < 4.78 is 0. The first-order valence-electron chi connectivity index (χ1n) is 0. The number of hydrogen-bond acceptors (Lipinski definition) is 0. The van der Waals surface area contributed by atoms with Gasteiger partial charge in [0.15, 0.2) is 0 Å². The molecular weight excluding hydrogens is 294 g/mol. The van der Waals surface area contributed by atoms with Crippen molar-refractivity contribution in [1.82, 2.24) is 0 Å². The Morgan fingerprint density at radius 1 is 0.500 bits per heavy atom. The van der Waals surface area contributed by atoms with Crippen LogP contribution in [0.15, 0.2) is 0 Å². The fraction of sp³-hybridized carbons (Fsp3) is 0. The molecule has 0 nitrogen and oxygen atoms in total. The average Bonchev–Trinajstić information content (AvgIpc) is 0. The van der Waals surface area contributed by atoms with Gasteiger partial charge in [0.2, 0.25) is 0 Å². The Morgan fingerprint density at radius 2 is 0.500 bits per heavy atom. The van der Waals surface area contributed by atoms with E-state index in [1.54, 1.807) is 0 Å². The summed E-state index contributed by atoms with van der Waals surface area (Å²) in [4.78, 5) is 0. The minimum atomic E-state index is 0. The van der Waals surface area contributed by atoms with E-state index in [-0.39, 0.29) is 115 Å². The van der Waals surface area contributed by atoms with E-state index in [9.17, 15) is 0 Å². The molecule has 12 valence electrons. The van der Waals surface area contributed by atoms with Gasteiger partial charge in [0.1, 0.15) is 0 Å². The molecule has 4 heteroatoms. The Labute approximate surface area is 112 Å². The molecule has 6 radical (unpaired) electrons. The van der Waals surface area contributed by atoms with Gasteiger partial charge in [-0.15, -0.1) is 0 Å². The largest absolute Gasteiger partial charge is 0 e. The van der Waals surface area contributed by atoms with Gasteiger partial charge in [-0.1, -0.05) is 0 Å². The van der Waals surface area contributed by atoms with E-state index in [0.717, 1.165) is 0 Å². The maximum Gasteiger partial charge on any atom is 0 e. The maximum atomic E-state index is 0. The Bertz CT molecular complexity index is 3.25. The zero-order valence-corrected chi connectivity index (χ0v) is 12.0. The van der Waals surface area contributed by atoms with Crippen LogP contribution in [0.1, 0.15) is 0 Å². The first-order chi connectivity index (χ1) is 0. The summed E-state index contributed by atoms with van der Waals surface area (Å²) in [5.74, 6) is 0. The fourth-order valence-electron chi connectivity index (χ4n) is 0. The van der Waals surface area contributed by atoms with Crippen molar-refractivity contribution in [1.29, 1.82) is 0 Å². The Balaban J connectivity index is 0. The fourth-order valence-corrected chi connectivity index (χ4v) is 0. The van der Waals surface area contributed by atoms with Crippen molar-refractivity contribution in [3.8, 4) is 0 Å². The summed E-state index contributed by atoms with van der Waals surface area (Å²) in [6.45, 7) is 0. The molecule has 0 heterocycles. The molecule has 4 heavy (non-hydrogen) atoms. The van der Waals surface area contributed by atoms with Crippen LogP contribution in [-0.4, -0.2) is 17.4 Å². The molecule has 0 saturated carbocycles. The van der Waals surface area contributed by atoms with Crippen LogP contribution in [0.5, 0.6) is 0 Å². The summed E-state index contributed by atoms with van der Waals surface area (Å²) in [6.07, 6.45) is 0. The summed E-state index contributed by atoms with van der Waals surface area (Å²) in [5.41, 5.74) is 0. The van der Waals surface area contributed by atoms with Gasteiger partial charge in [-0.25, -0.2) is 0 Å². The molecule has 0 aromatic rings. The van der Waals surface area contributed by atoms with Crippen LogP contribution in [0, 0.1) is 0 Å². The molecule has 0 aromatic heterocycles. The van der Waals surface area contributed by atoms with Crippen LogP contribution < -0.4 is 0 Å². The molecule has 0 aliphatic rings. The third-order valence-corrected chi connectivity index (χ3v) is 0. The van der Waals surface area contributed by atoms with Gasteiger partial charge >= 0.3 is 0 Å². The maximum absolute atomic E-state index is 0. The second kappa shape index (κ2) is 15.8. The van der Waals surface area contributed by atoms with Crippen molar-refractivity contribution in [3.05, 3.63) is 0 Å². The van der Waals surface area contributed by atoms with Gasteiger partial charge in [-0.2, -0.15) is 0 Å². The van der Waals surface area contributed by atoms with Crippen molar-refractivity contribution in [2.45, 2.75) is 0 Å². The summed E-state index contributed by atoms with van der Waals surface area (Å²) in [7, 11) is 0. The SMILES string of the molecule is [Al].[Y].[Y].[Y]. The Morgan fingerprint density at radius 3 is 0.500 bits per heavy atom. The molecule has 0 atom stereocenters. The van der Waals surface area contributed by atoms with Crippen LogP contribution >= 0.6 is 0 Å². The van der Waals surface area contributed by atoms with E-state index >= 15 is 0 Å². The molecule has 0 aliphatic heterocycles. The summed E-state index contributed by atoms with van der Waals surface area (Å²) in [5, 5.41) is 0. The Hall–Kier alpha value is 3.84. The molecular formula is AlY3. The van der Waals surface area contributed by atoms with Crippen LogP contribution in [0.25, 0.3) is 0 Å². The van der Waals surface area contributed by atoms with Gasteiger partial charge in [0.05, 0.1) is 0 Å². The summed E-state index contributed by atoms with van der Waals surface area (Å²) >= 11 is 0. The van der Waals surface area contributed by atoms with Crippen molar-refractivity contribution in [2.75, 3.05) is 0 Å². The monoisotopic (exact) mass is 294 g/mol. The topological polar surface area (TPSA) is 0 Å². The predicted octanol–water partition coefficient (Wildman–Crippen LogP) is -0.388. The summed E-state index contributed by atoms with van der Waals surface area (Å²) in [6, 6.07) is 0. The predicted molar refractivity (Wildman–Crippen MR) is 5.75 cm³/mol. The molecule has 0 rings (SSSR count). The molecule has 0 fully saturated rings. The van der Waals surface area contributed by atoms with E-state index in [0.29, 0.717) is 0 Å². The van der Waals surface area contributed by atoms with Crippen LogP contribution in [0.4, 0.5) is 0 Å². The third kappa shape index (κ3) is 9.28. The van der Waals surface area contributed by atoms with Crippen molar-refractivity contribution in [2.24, 2.45) is 0 Å². The van der Waals surface area contributed by atoms with Crippen molar-refractivity contribution < 1.29 is 98.1 Å². The normalized spacial score (nSPS) is 0. The molecule has 0 aliphatic carbocycles. The van der Waals surface area contributed by atoms with Gasteiger partial charge < -0.3 is 0 Å². The van der Waals surface area contributed by atoms with Crippen LogP contribution in [0.2, 0.25) is 0 Å². The van der Waals surface area contributed by atoms with Crippen molar-refractivity contribution >= 4 is 17.4 Å². The zero-order valence-electron chi connectivity index (χ0n) is 2.31. The minimum Gasteiger partial charge on any atom is 0 e. The second-order valence-electron chi connectivity index (χ2n) is 0. The standard InChI is InChI=1S/Al.3Y. The van der Waals surface area contributed by atoms with E-state index in [1.807, 2.05) is 0 Å². The first-order valence-corrected chi connectivity index (χ1v) is 0. The van der Waals surface area contributed by atoms with Crippen LogP contribution in [-0.2, 0) is 98.1 Å². The average molecular weight is 294 g/mol. The Kier molecular flexibility index (Phi) is 98.3. The van der Waals surface area contributed by atoms with Gasteiger partial charge in [-0.05, 0) is 0 Å². The van der Waals surface area contributed by atoms with Crippen LogP contribution in [0.3, 0.4) is 0 Å². The quantitative estimate of drug-likeness (QED) is 0.534. The van der Waals surface area contributed by atoms with E-state index in [1.165, 1.54) is 0 Å². The molecule has 0 spiro atoms. The van der Waals surface area contributed by atoms with E-state index in [2.05, 4.69) is 0 Å². The van der Waals surface area contributed by atoms with Gasteiger partial charge in [0, 0.05) is 115 Å². The van der Waals surface area contributed by atoms with Gasteiger partial charge in [-0.3, -0.25) is 0 Å². The smallest absolute Gasteiger partial charge is 0 e. The second-order valence-corrected chi connectivity index (χ2v) is 0. The first kappa shape index (κ1) is 24.9. The zero-order chi connectivity index (χ0) is 0. The molecule has 0 unspecified atom stereocenters. The third-order valence-electron chi connectivity index (χ3n) is 0. The van der Waals surface area contributed by atoms with Gasteiger partial charge in [0.25, 0.3) is 0 Å². The molecule has 0 saturated heterocycles. The van der Waals surface area contributed by atoms with E-state index in [4.69, 9.17) is 0 Å². The number of hydrogen-bond donors (Lipinski definition) is 0. The molecule has 0 bridgehead atoms. The molecule has 0 amide bonds. The molecule has 0 N–H and O–H groups in total. The molecule has 0 aromatic carbocycles.